The molecule has 0 saturated heterocycles. The molecule has 1 heterocycles. The van der Waals surface area contributed by atoms with Crippen LogP contribution < -0.4 is 0 Å². The fourth-order valence-electron chi connectivity index (χ4n) is 1.21. The van der Waals surface area contributed by atoms with Crippen molar-refractivity contribution < 1.29 is 0 Å². The number of benzene rings is 1. The summed E-state index contributed by atoms with van der Waals surface area (Å²) in [6, 6.07) is 4.19. The summed E-state index contributed by atoms with van der Waals surface area (Å²) in [4.78, 5) is 4.35. The zero-order chi connectivity index (χ0) is 8.72. The number of rotatable bonds is 0. The SMILES string of the molecule is Cc1c(Br)ccc2c1nc[n]2[Tl]. The van der Waals surface area contributed by atoms with Gasteiger partial charge in [-0.2, -0.15) is 0 Å². The molecular formula is C8H6BrN2Tl. The minimum absolute atomic E-state index is 0.792. The molecule has 0 radical (unpaired) electrons. The Balaban J connectivity index is 2.93. The standard InChI is InChI=1S/C8H6BrN2.Tl/c1-5-6(9)2-3-7-8(5)11-4-10-7;/h2-4H,1H3;/q-1;+1. The van der Waals surface area contributed by atoms with Crippen LogP contribution in [0, 0.1) is 6.92 Å². The second-order valence-corrected chi connectivity index (χ2v) is 5.71. The van der Waals surface area contributed by atoms with Crippen molar-refractivity contribution in [3.63, 3.8) is 0 Å². The first-order valence-electron chi connectivity index (χ1n) is 3.57. The third-order valence-corrected chi connectivity index (χ3v) is 4.39. The summed E-state index contributed by atoms with van der Waals surface area (Å²) < 4.78 is 3.33. The van der Waals surface area contributed by atoms with E-state index in [2.05, 4.69) is 42.3 Å². The van der Waals surface area contributed by atoms with E-state index in [1.165, 1.54) is 11.1 Å². The Labute approximate surface area is 95.2 Å². The number of hydrogen-bond acceptors (Lipinski definition) is 1. The Kier molecular flexibility index (Phi) is 2.24. The molecule has 0 aliphatic carbocycles. The van der Waals surface area contributed by atoms with Crippen molar-refractivity contribution in [1.82, 2.24) is 7.36 Å². The summed E-state index contributed by atoms with van der Waals surface area (Å²) in [5.41, 5.74) is 3.60. The number of hydrogen-bond donors (Lipinski definition) is 0. The number of halogens is 1. The second kappa shape index (κ2) is 3.10. The molecule has 4 heteroatoms. The quantitative estimate of drug-likeness (QED) is 0.604. The molecule has 0 atom stereocenters. The molecular weight excluding hydrogens is 408 g/mol. The number of imidazole rings is 1. The molecule has 0 amide bonds. The van der Waals surface area contributed by atoms with E-state index in [-0.39, 0.29) is 0 Å². The van der Waals surface area contributed by atoms with Crippen molar-refractivity contribution >= 4 is 53.0 Å². The van der Waals surface area contributed by atoms with Gasteiger partial charge in [-0.05, 0) is 0 Å². The van der Waals surface area contributed by atoms with Crippen molar-refractivity contribution in [3.05, 3.63) is 28.5 Å². The molecule has 0 unspecified atom stereocenters. The molecule has 1 aromatic carbocycles. The van der Waals surface area contributed by atoms with Crippen molar-refractivity contribution in [2.24, 2.45) is 0 Å². The molecule has 0 aliphatic rings. The van der Waals surface area contributed by atoms with Gasteiger partial charge < -0.3 is 0 Å². The first-order valence-corrected chi connectivity index (χ1v) is 6.37. The van der Waals surface area contributed by atoms with Crippen LogP contribution in [0.4, 0.5) is 0 Å². The molecule has 0 saturated carbocycles. The van der Waals surface area contributed by atoms with E-state index >= 15 is 0 Å². The summed E-state index contributed by atoms with van der Waals surface area (Å²) in [5.74, 6) is 0. The molecule has 2 aromatic rings. The first-order chi connectivity index (χ1) is 5.70. The molecule has 0 N–H and O–H groups in total. The fourth-order valence-corrected chi connectivity index (χ4v) is 2.60. The predicted octanol–water partition coefficient (Wildman–Crippen LogP) is 2.04. The molecule has 2 rings (SSSR count). The van der Waals surface area contributed by atoms with E-state index in [0.717, 1.165) is 36.1 Å². The molecule has 0 aliphatic heterocycles. The van der Waals surface area contributed by atoms with Gasteiger partial charge in [-0.25, -0.2) is 0 Å². The minimum atomic E-state index is 0.792. The maximum absolute atomic E-state index is 4.35. The number of nitrogens with zero attached hydrogens (tertiary/aromatic N) is 2. The molecule has 0 bridgehead atoms. The van der Waals surface area contributed by atoms with Gasteiger partial charge in [-0.3, -0.25) is 0 Å². The molecule has 12 heavy (non-hydrogen) atoms. The van der Waals surface area contributed by atoms with Gasteiger partial charge >= 0.3 is 95.8 Å². The normalized spacial score (nSPS) is 10.8. The molecule has 58 valence electrons. The van der Waals surface area contributed by atoms with Crippen molar-refractivity contribution in [1.29, 1.82) is 0 Å². The van der Waals surface area contributed by atoms with E-state index < -0.39 is 0 Å². The zero-order valence-corrected chi connectivity index (χ0v) is 12.7. The summed E-state index contributed by atoms with van der Waals surface area (Å²) in [5, 5.41) is 0. The Morgan fingerprint density at radius 3 is 3.00 bits per heavy atom. The van der Waals surface area contributed by atoms with Crippen LogP contribution in [-0.2, 0) is 0 Å². The topological polar surface area (TPSA) is 17.8 Å². The van der Waals surface area contributed by atoms with E-state index in [1.807, 2.05) is 6.33 Å². The van der Waals surface area contributed by atoms with Crippen LogP contribution in [0.15, 0.2) is 22.9 Å². The van der Waals surface area contributed by atoms with Gasteiger partial charge in [0.1, 0.15) is 0 Å². The summed E-state index contributed by atoms with van der Waals surface area (Å²) in [6.45, 7) is 2.09. The van der Waals surface area contributed by atoms with Crippen molar-refractivity contribution in [2.45, 2.75) is 6.92 Å². The van der Waals surface area contributed by atoms with Gasteiger partial charge in [0.2, 0.25) is 0 Å². The monoisotopic (exact) mass is 414 g/mol. The Hall–Kier alpha value is 0.0921. The third-order valence-electron chi connectivity index (χ3n) is 1.93. The third kappa shape index (κ3) is 1.23. The van der Waals surface area contributed by atoms with Gasteiger partial charge in [-0.15, -0.1) is 0 Å². The Bertz CT molecular complexity index is 436. The number of fused-ring (bicyclic) bond motifs is 1. The average Bonchev–Trinajstić information content (AvgIpc) is 2.41. The average molecular weight is 414 g/mol. The first kappa shape index (κ1) is 8.68. The van der Waals surface area contributed by atoms with Gasteiger partial charge in [0, 0.05) is 0 Å². The summed E-state index contributed by atoms with van der Waals surface area (Å²) in [6.07, 6.45) is 1.91. The van der Waals surface area contributed by atoms with Crippen LogP contribution >= 0.6 is 15.9 Å². The van der Waals surface area contributed by atoms with Crippen molar-refractivity contribution in [3.8, 4) is 0 Å². The molecule has 0 fully saturated rings. The van der Waals surface area contributed by atoms with Crippen LogP contribution in [0.2, 0.25) is 0 Å². The van der Waals surface area contributed by atoms with Crippen LogP contribution in [0.1, 0.15) is 5.56 Å². The van der Waals surface area contributed by atoms with Crippen LogP contribution in [0.25, 0.3) is 11.0 Å². The molecule has 2 nitrogen and oxygen atoms in total. The maximum atomic E-state index is 4.35. The fraction of sp³-hybridized carbons (Fsp3) is 0.125. The van der Waals surface area contributed by atoms with Crippen LogP contribution in [0.3, 0.4) is 0 Å². The molecule has 0 spiro atoms. The number of aryl methyl sites for hydroxylation is 1. The van der Waals surface area contributed by atoms with E-state index in [0.29, 0.717) is 0 Å². The zero-order valence-electron chi connectivity index (χ0n) is 6.58. The van der Waals surface area contributed by atoms with E-state index in [1.54, 1.807) is 0 Å². The van der Waals surface area contributed by atoms with Gasteiger partial charge in [0.25, 0.3) is 0 Å². The van der Waals surface area contributed by atoms with Gasteiger partial charge in [0.05, 0.1) is 0 Å². The second-order valence-electron chi connectivity index (χ2n) is 2.69. The van der Waals surface area contributed by atoms with E-state index in [4.69, 9.17) is 0 Å². The van der Waals surface area contributed by atoms with Crippen LogP contribution in [0.5, 0.6) is 0 Å². The van der Waals surface area contributed by atoms with Gasteiger partial charge in [0.15, 0.2) is 0 Å². The van der Waals surface area contributed by atoms with E-state index in [9.17, 15) is 0 Å². The Morgan fingerprint density at radius 2 is 2.25 bits per heavy atom. The van der Waals surface area contributed by atoms with Crippen molar-refractivity contribution in [2.75, 3.05) is 0 Å². The molecule has 1 aromatic heterocycles. The predicted molar refractivity (Wildman–Crippen MR) is 53.3 cm³/mol. The summed E-state index contributed by atoms with van der Waals surface area (Å²) >= 11 is 4.28. The number of aromatic nitrogens is 2. The van der Waals surface area contributed by atoms with Gasteiger partial charge in [-0.1, -0.05) is 0 Å². The van der Waals surface area contributed by atoms with Crippen LogP contribution in [-0.4, -0.2) is 33.4 Å². The summed E-state index contributed by atoms with van der Waals surface area (Å²) in [7, 11) is 0. The Morgan fingerprint density at radius 1 is 1.50 bits per heavy atom.